The van der Waals surface area contributed by atoms with E-state index in [0.717, 1.165) is 42.3 Å². The Morgan fingerprint density at radius 2 is 2.25 bits per heavy atom. The van der Waals surface area contributed by atoms with Crippen LogP contribution < -0.4 is 5.32 Å². The fourth-order valence-corrected chi connectivity index (χ4v) is 3.41. The molecule has 0 aromatic carbocycles. The van der Waals surface area contributed by atoms with Crippen molar-refractivity contribution >= 4 is 10.8 Å². The molecular weight excluding hydrogens is 220 g/mol. The van der Waals surface area contributed by atoms with Gasteiger partial charge in [-0.15, -0.1) is 0 Å². The molecule has 1 atom stereocenters. The molecule has 0 spiro atoms. The van der Waals surface area contributed by atoms with Crippen molar-refractivity contribution in [2.45, 2.75) is 24.8 Å². The molecule has 1 saturated heterocycles. The van der Waals surface area contributed by atoms with E-state index in [9.17, 15) is 4.21 Å². The van der Waals surface area contributed by atoms with Gasteiger partial charge < -0.3 is 5.32 Å². The lowest BCUT2D eigenvalue weighted by atomic mass is 10.0. The van der Waals surface area contributed by atoms with Crippen molar-refractivity contribution < 1.29 is 4.21 Å². The highest BCUT2D eigenvalue weighted by Gasteiger charge is 2.17. The summed E-state index contributed by atoms with van der Waals surface area (Å²) in [5.41, 5.74) is 1.13. The normalized spacial score (nSPS) is 19.6. The van der Waals surface area contributed by atoms with Gasteiger partial charge in [0.2, 0.25) is 0 Å². The molecule has 0 amide bonds. The van der Waals surface area contributed by atoms with Crippen molar-refractivity contribution in [2.75, 3.05) is 18.8 Å². The van der Waals surface area contributed by atoms with E-state index in [4.69, 9.17) is 0 Å². The van der Waals surface area contributed by atoms with Gasteiger partial charge in [-0.3, -0.25) is 4.21 Å². The van der Waals surface area contributed by atoms with Crippen molar-refractivity contribution in [3.8, 4) is 0 Å². The smallest absolute Gasteiger partial charge is 0.127 e. The van der Waals surface area contributed by atoms with Crippen molar-refractivity contribution in [1.29, 1.82) is 0 Å². The molecule has 1 aromatic heterocycles. The molecule has 1 N–H and O–H groups in total. The van der Waals surface area contributed by atoms with Gasteiger partial charge in [-0.05, 0) is 56.5 Å². The first-order chi connectivity index (χ1) is 7.75. The third kappa shape index (κ3) is 3.12. The fraction of sp³-hybridized carbons (Fsp3) is 0.583. The zero-order chi connectivity index (χ0) is 11.4. The number of hydrogen-bond donors (Lipinski definition) is 1. The second kappa shape index (κ2) is 5.55. The van der Waals surface area contributed by atoms with Crippen LogP contribution in [0.5, 0.6) is 0 Å². The molecule has 1 aliphatic rings. The Balaban J connectivity index is 1.97. The highest BCUT2D eigenvalue weighted by atomic mass is 32.2. The van der Waals surface area contributed by atoms with Crippen LogP contribution in [-0.4, -0.2) is 28.0 Å². The lowest BCUT2D eigenvalue weighted by Gasteiger charge is -2.21. The van der Waals surface area contributed by atoms with Crippen LogP contribution in [0.25, 0.3) is 0 Å². The minimum Gasteiger partial charge on any atom is -0.317 e. The van der Waals surface area contributed by atoms with Crippen molar-refractivity contribution in [2.24, 2.45) is 5.92 Å². The Kier molecular flexibility index (Phi) is 4.07. The van der Waals surface area contributed by atoms with Crippen LogP contribution in [0, 0.1) is 12.8 Å². The van der Waals surface area contributed by atoms with E-state index in [1.165, 1.54) is 0 Å². The van der Waals surface area contributed by atoms with Crippen LogP contribution >= 0.6 is 0 Å². The summed E-state index contributed by atoms with van der Waals surface area (Å²) in [4.78, 5) is 4.19. The zero-order valence-corrected chi connectivity index (χ0v) is 10.4. The van der Waals surface area contributed by atoms with Gasteiger partial charge >= 0.3 is 0 Å². The van der Waals surface area contributed by atoms with E-state index < -0.39 is 10.8 Å². The minimum absolute atomic E-state index is 0.587. The van der Waals surface area contributed by atoms with Gasteiger partial charge in [-0.2, -0.15) is 0 Å². The molecule has 0 saturated carbocycles. The molecule has 88 valence electrons. The van der Waals surface area contributed by atoms with E-state index in [1.54, 1.807) is 6.20 Å². The molecular formula is C12H18N2OS. The predicted octanol–water partition coefficient (Wildman–Crippen LogP) is 1.50. The number of rotatable bonds is 3. The quantitative estimate of drug-likeness (QED) is 0.867. The van der Waals surface area contributed by atoms with E-state index in [1.807, 2.05) is 19.1 Å². The van der Waals surface area contributed by atoms with Crippen LogP contribution in [0.4, 0.5) is 0 Å². The summed E-state index contributed by atoms with van der Waals surface area (Å²) in [6.07, 6.45) is 4.01. The third-order valence-electron chi connectivity index (χ3n) is 2.97. The predicted molar refractivity (Wildman–Crippen MR) is 65.8 cm³/mol. The molecule has 0 radical (unpaired) electrons. The maximum absolute atomic E-state index is 12.1. The second-order valence-electron chi connectivity index (χ2n) is 4.38. The molecule has 0 aliphatic carbocycles. The number of piperidine rings is 1. The summed E-state index contributed by atoms with van der Waals surface area (Å²) < 4.78 is 12.1. The number of nitrogens with one attached hydrogen (secondary N) is 1. The summed E-state index contributed by atoms with van der Waals surface area (Å²) in [5, 5.41) is 4.06. The molecule has 16 heavy (non-hydrogen) atoms. The van der Waals surface area contributed by atoms with Gasteiger partial charge in [-0.25, -0.2) is 4.98 Å². The summed E-state index contributed by atoms with van der Waals surface area (Å²) in [7, 11) is -0.930. The SMILES string of the molecule is Cc1ccnc([S@@](=O)CC2CCNCC2)c1. The first-order valence-corrected chi connectivity index (χ1v) is 7.09. The largest absolute Gasteiger partial charge is 0.317 e. The monoisotopic (exact) mass is 238 g/mol. The number of aromatic nitrogens is 1. The van der Waals surface area contributed by atoms with Gasteiger partial charge in [0.15, 0.2) is 0 Å². The van der Waals surface area contributed by atoms with E-state index in [0.29, 0.717) is 5.92 Å². The molecule has 2 heterocycles. The average molecular weight is 238 g/mol. The highest BCUT2D eigenvalue weighted by molar-refractivity contribution is 7.84. The summed E-state index contributed by atoms with van der Waals surface area (Å²) in [6, 6.07) is 3.86. The van der Waals surface area contributed by atoms with Gasteiger partial charge in [0.25, 0.3) is 0 Å². The molecule has 1 fully saturated rings. The molecule has 3 nitrogen and oxygen atoms in total. The maximum Gasteiger partial charge on any atom is 0.127 e. The van der Waals surface area contributed by atoms with E-state index in [-0.39, 0.29) is 0 Å². The standard InChI is InChI=1S/C12H18N2OS/c1-10-2-7-14-12(8-10)16(15)9-11-3-5-13-6-4-11/h2,7-8,11,13H,3-6,9H2,1H3/t16-/m0/s1. The summed E-state index contributed by atoms with van der Waals surface area (Å²) >= 11 is 0. The minimum atomic E-state index is -0.930. The molecule has 1 aliphatic heterocycles. The van der Waals surface area contributed by atoms with Crippen LogP contribution in [0.3, 0.4) is 0 Å². The number of hydrogen-bond acceptors (Lipinski definition) is 3. The average Bonchev–Trinajstić information content (AvgIpc) is 2.30. The Bertz CT molecular complexity index is 375. The van der Waals surface area contributed by atoms with Gasteiger partial charge in [0.05, 0.1) is 10.8 Å². The van der Waals surface area contributed by atoms with E-state index in [2.05, 4.69) is 10.3 Å². The Labute approximate surface area is 99.1 Å². The van der Waals surface area contributed by atoms with Crippen LogP contribution in [0.15, 0.2) is 23.4 Å². The summed E-state index contributed by atoms with van der Waals surface area (Å²) in [5.74, 6) is 1.35. The third-order valence-corrected chi connectivity index (χ3v) is 4.43. The molecule has 0 bridgehead atoms. The lowest BCUT2D eigenvalue weighted by Crippen LogP contribution is -2.30. The van der Waals surface area contributed by atoms with Crippen molar-refractivity contribution in [3.05, 3.63) is 23.9 Å². The molecule has 1 aromatic rings. The maximum atomic E-state index is 12.1. The van der Waals surface area contributed by atoms with Crippen molar-refractivity contribution in [3.63, 3.8) is 0 Å². The Morgan fingerprint density at radius 3 is 2.94 bits per heavy atom. The lowest BCUT2D eigenvalue weighted by molar-refractivity contribution is 0.405. The van der Waals surface area contributed by atoms with Crippen LogP contribution in [-0.2, 0) is 10.8 Å². The second-order valence-corrected chi connectivity index (χ2v) is 5.82. The van der Waals surface area contributed by atoms with Crippen molar-refractivity contribution in [1.82, 2.24) is 10.3 Å². The first kappa shape index (κ1) is 11.7. The van der Waals surface area contributed by atoms with Gasteiger partial charge in [0.1, 0.15) is 5.03 Å². The van der Waals surface area contributed by atoms with Crippen LogP contribution in [0.1, 0.15) is 18.4 Å². The fourth-order valence-electron chi connectivity index (χ4n) is 1.98. The van der Waals surface area contributed by atoms with Gasteiger partial charge in [-0.1, -0.05) is 0 Å². The molecule has 0 unspecified atom stereocenters. The zero-order valence-electron chi connectivity index (χ0n) is 9.61. The number of aryl methyl sites for hydroxylation is 1. The first-order valence-electron chi connectivity index (χ1n) is 5.77. The number of pyridine rings is 1. The Hall–Kier alpha value is -0.740. The molecule has 2 rings (SSSR count). The highest BCUT2D eigenvalue weighted by Crippen LogP contribution is 2.16. The van der Waals surface area contributed by atoms with Gasteiger partial charge in [0, 0.05) is 11.9 Å². The van der Waals surface area contributed by atoms with Crippen LogP contribution in [0.2, 0.25) is 0 Å². The summed E-state index contributed by atoms with van der Waals surface area (Å²) in [6.45, 7) is 4.12. The van der Waals surface area contributed by atoms with E-state index >= 15 is 0 Å². The number of nitrogens with zero attached hydrogens (tertiary/aromatic N) is 1. The Morgan fingerprint density at radius 1 is 1.50 bits per heavy atom. The molecule has 4 heteroatoms. The topological polar surface area (TPSA) is 42.0 Å².